The van der Waals surface area contributed by atoms with Crippen LogP contribution in [0.1, 0.15) is 46.4 Å². The molecule has 4 bridgehead atoms. The van der Waals surface area contributed by atoms with Crippen LogP contribution in [0.4, 0.5) is 0 Å². The molecule has 0 aliphatic carbocycles. The number of aryl methyl sites for hydroxylation is 2. The highest BCUT2D eigenvalue weighted by Crippen LogP contribution is 2.33. The van der Waals surface area contributed by atoms with E-state index in [-0.39, 0.29) is 49.9 Å². The van der Waals surface area contributed by atoms with Crippen molar-refractivity contribution in [3.8, 4) is 17.2 Å². The quantitative estimate of drug-likeness (QED) is 0.407. The van der Waals surface area contributed by atoms with Gasteiger partial charge in [-0.1, -0.05) is 24.3 Å². The van der Waals surface area contributed by atoms with Crippen LogP contribution in [0, 0.1) is 6.92 Å². The Bertz CT molecular complexity index is 1530. The predicted octanol–water partition coefficient (Wildman–Crippen LogP) is 3.92. The summed E-state index contributed by atoms with van der Waals surface area (Å²) in [6, 6.07) is 16.4. The van der Waals surface area contributed by atoms with Gasteiger partial charge in [-0.25, -0.2) is 0 Å². The second kappa shape index (κ2) is 15.7. The highest BCUT2D eigenvalue weighted by atomic mass is 16.5. The van der Waals surface area contributed by atoms with Crippen molar-refractivity contribution in [1.82, 2.24) is 20.1 Å². The summed E-state index contributed by atoms with van der Waals surface area (Å²) in [4.78, 5) is 48.0. The zero-order chi connectivity index (χ0) is 32.5. The van der Waals surface area contributed by atoms with Crippen LogP contribution >= 0.6 is 0 Å². The van der Waals surface area contributed by atoms with Crippen molar-refractivity contribution in [3.05, 3.63) is 83.2 Å². The lowest BCUT2D eigenvalue weighted by molar-refractivity contribution is -0.137. The normalized spacial score (nSPS) is 19.3. The number of rotatable bonds is 6. The summed E-state index contributed by atoms with van der Waals surface area (Å²) in [7, 11) is 3.19. The van der Waals surface area contributed by atoms with Gasteiger partial charge < -0.3 is 34.1 Å². The molecule has 1 aromatic heterocycles. The van der Waals surface area contributed by atoms with E-state index in [1.165, 1.54) is 0 Å². The number of fused-ring (bicyclic) bond motifs is 9. The number of piperidine rings is 1. The van der Waals surface area contributed by atoms with E-state index in [1.54, 1.807) is 36.3 Å². The van der Waals surface area contributed by atoms with Crippen LogP contribution in [0.15, 0.2) is 60.8 Å². The highest BCUT2D eigenvalue weighted by molar-refractivity contribution is 5.94. The van der Waals surface area contributed by atoms with E-state index in [9.17, 15) is 14.4 Å². The first-order valence-corrected chi connectivity index (χ1v) is 15.7. The molecule has 3 aliphatic rings. The van der Waals surface area contributed by atoms with Gasteiger partial charge in [0.2, 0.25) is 11.8 Å². The number of likely N-dealkylation sites (tertiary alicyclic amines) is 1. The van der Waals surface area contributed by atoms with E-state index >= 15 is 0 Å². The van der Waals surface area contributed by atoms with Gasteiger partial charge in [-0.3, -0.25) is 19.4 Å². The fraction of sp³-hybridized carbons (Fsp3) is 0.429. The minimum atomic E-state index is -0.494. The molecule has 3 amide bonds. The average molecular weight is 631 g/mol. The molecule has 4 heterocycles. The van der Waals surface area contributed by atoms with Crippen molar-refractivity contribution in [3.63, 3.8) is 0 Å². The van der Waals surface area contributed by atoms with Gasteiger partial charge in [-0.2, -0.15) is 0 Å². The van der Waals surface area contributed by atoms with Gasteiger partial charge >= 0.3 is 0 Å². The van der Waals surface area contributed by atoms with Crippen LogP contribution in [0.5, 0.6) is 17.2 Å². The molecule has 46 heavy (non-hydrogen) atoms. The van der Waals surface area contributed by atoms with Crippen molar-refractivity contribution in [2.45, 2.75) is 51.4 Å². The van der Waals surface area contributed by atoms with Crippen molar-refractivity contribution >= 4 is 17.7 Å². The summed E-state index contributed by atoms with van der Waals surface area (Å²) in [5.41, 5.74) is 2.99. The fourth-order valence-corrected chi connectivity index (χ4v) is 5.82. The number of pyridine rings is 1. The molecule has 0 saturated carbocycles. The van der Waals surface area contributed by atoms with Crippen molar-refractivity contribution in [2.24, 2.45) is 0 Å². The Morgan fingerprint density at radius 3 is 2.74 bits per heavy atom. The summed E-state index contributed by atoms with van der Waals surface area (Å²) >= 11 is 0. The highest BCUT2D eigenvalue weighted by Gasteiger charge is 2.35. The lowest BCUT2D eigenvalue weighted by Crippen LogP contribution is -2.58. The SMILES string of the molecule is COCCCN1CC(=O)N[C@H]2CN(C(=O)c3ncccc3C)CC[C@H]2OCc2cccc(c2)Oc2ccc(cc2OC)CCC1=O. The number of hydrogen-bond donors (Lipinski definition) is 1. The molecule has 11 nitrogen and oxygen atoms in total. The second-order valence-corrected chi connectivity index (χ2v) is 11.6. The van der Waals surface area contributed by atoms with E-state index in [2.05, 4.69) is 10.3 Å². The maximum absolute atomic E-state index is 13.5. The van der Waals surface area contributed by atoms with Crippen molar-refractivity contribution < 1.29 is 33.3 Å². The predicted molar refractivity (Wildman–Crippen MR) is 171 cm³/mol. The van der Waals surface area contributed by atoms with E-state index < -0.39 is 6.04 Å². The van der Waals surface area contributed by atoms with Gasteiger partial charge in [-0.05, 0) is 73.2 Å². The number of hydrogen-bond acceptors (Lipinski definition) is 8. The molecule has 0 spiro atoms. The number of methoxy groups -OCH3 is 2. The van der Waals surface area contributed by atoms with Crippen molar-refractivity contribution in [1.29, 1.82) is 0 Å². The first kappa shape index (κ1) is 32.9. The number of benzene rings is 2. The van der Waals surface area contributed by atoms with Crippen LogP contribution in [0.2, 0.25) is 0 Å². The van der Waals surface area contributed by atoms with Crippen LogP contribution in [0.3, 0.4) is 0 Å². The van der Waals surface area contributed by atoms with Crippen LogP contribution in [0.25, 0.3) is 0 Å². The third-order valence-corrected chi connectivity index (χ3v) is 8.30. The topological polar surface area (TPSA) is 120 Å². The van der Waals surface area contributed by atoms with Crippen LogP contribution in [-0.4, -0.2) is 91.7 Å². The lowest BCUT2D eigenvalue weighted by Gasteiger charge is -2.39. The molecule has 11 heteroatoms. The standard InChI is InChI=1S/C35H42N4O7/c1-24-7-5-15-36-34(24)35(42)39-17-14-29-28(21-39)37-32(40)22-38(16-6-18-43-2)33(41)13-11-25-10-12-30(31(20-25)44-3)46-27-9-4-8-26(19-27)23-45-29/h4-5,7-10,12,15,19-20,28-29H,6,11,13-14,16-18,21-23H2,1-3H3,(H,37,40)/t28-,29+/m0/s1. The lowest BCUT2D eigenvalue weighted by atomic mass is 10.0. The fourth-order valence-electron chi connectivity index (χ4n) is 5.82. The summed E-state index contributed by atoms with van der Waals surface area (Å²) in [6.07, 6.45) is 3.03. The number of ether oxygens (including phenoxy) is 4. The minimum Gasteiger partial charge on any atom is -0.493 e. The summed E-state index contributed by atoms with van der Waals surface area (Å²) < 4.78 is 23.4. The van der Waals surface area contributed by atoms with Crippen molar-refractivity contribution in [2.75, 3.05) is 47.0 Å². The van der Waals surface area contributed by atoms with E-state index in [0.717, 1.165) is 16.7 Å². The third-order valence-electron chi connectivity index (χ3n) is 8.30. The molecular formula is C35H42N4O7. The molecule has 0 unspecified atom stereocenters. The number of amides is 3. The molecule has 1 fully saturated rings. The Morgan fingerprint density at radius 1 is 1.07 bits per heavy atom. The smallest absolute Gasteiger partial charge is 0.272 e. The Kier molecular flexibility index (Phi) is 11.2. The van der Waals surface area contributed by atoms with Gasteiger partial charge in [0.1, 0.15) is 11.4 Å². The molecule has 1 N–H and O–H groups in total. The Morgan fingerprint density at radius 2 is 1.93 bits per heavy atom. The van der Waals surface area contributed by atoms with Gasteiger partial charge in [0.25, 0.3) is 5.91 Å². The molecule has 1 saturated heterocycles. The zero-order valence-corrected chi connectivity index (χ0v) is 26.7. The number of aromatic nitrogens is 1. The number of nitrogens with one attached hydrogen (secondary N) is 1. The molecule has 2 atom stereocenters. The number of carbonyl (C=O) groups is 3. The molecule has 244 valence electrons. The third kappa shape index (κ3) is 8.41. The molecule has 2 aromatic carbocycles. The molecule has 3 aliphatic heterocycles. The second-order valence-electron chi connectivity index (χ2n) is 11.6. The van der Waals surface area contributed by atoms with E-state index in [4.69, 9.17) is 18.9 Å². The van der Waals surface area contributed by atoms with Gasteiger partial charge in [0.15, 0.2) is 11.5 Å². The summed E-state index contributed by atoms with van der Waals surface area (Å²) in [5, 5.41) is 3.10. The zero-order valence-electron chi connectivity index (χ0n) is 26.7. The largest absolute Gasteiger partial charge is 0.493 e. The Labute approximate surface area is 269 Å². The van der Waals surface area contributed by atoms with Gasteiger partial charge in [0.05, 0.1) is 32.4 Å². The number of carbonyl (C=O) groups excluding carboxylic acids is 3. The van der Waals surface area contributed by atoms with Gasteiger partial charge in [-0.15, -0.1) is 0 Å². The minimum absolute atomic E-state index is 0.114. The monoisotopic (exact) mass is 630 g/mol. The first-order chi connectivity index (χ1) is 22.3. The molecule has 6 rings (SSSR count). The van der Waals surface area contributed by atoms with E-state index in [0.29, 0.717) is 61.9 Å². The van der Waals surface area contributed by atoms with E-state index in [1.807, 2.05) is 55.5 Å². The maximum Gasteiger partial charge on any atom is 0.272 e. The molecule has 0 radical (unpaired) electrons. The first-order valence-electron chi connectivity index (χ1n) is 15.7. The Hall–Kier alpha value is -4.48. The van der Waals surface area contributed by atoms with Gasteiger partial charge in [0, 0.05) is 46.0 Å². The Balaban J connectivity index is 1.41. The summed E-state index contributed by atoms with van der Waals surface area (Å²) in [5.74, 6) is 1.11. The summed E-state index contributed by atoms with van der Waals surface area (Å²) in [6.45, 7) is 3.56. The van der Waals surface area contributed by atoms with Crippen LogP contribution in [-0.2, 0) is 32.1 Å². The number of nitrogens with zero attached hydrogens (tertiary/aromatic N) is 3. The molecule has 3 aromatic rings. The average Bonchev–Trinajstić information content (AvgIpc) is 3.06. The molecular weight excluding hydrogens is 588 g/mol. The maximum atomic E-state index is 13.5. The van der Waals surface area contributed by atoms with Crippen LogP contribution < -0.4 is 14.8 Å².